The average molecular weight is 231 g/mol. The van der Waals surface area contributed by atoms with Crippen LogP contribution >= 0.6 is 34.5 Å². The summed E-state index contributed by atoms with van der Waals surface area (Å²) in [5.74, 6) is 0. The molecular weight excluding hydrogens is 223 g/mol. The lowest BCUT2D eigenvalue weighted by Gasteiger charge is -2.06. The smallest absolute Gasteiger partial charge is 0.0630 e. The summed E-state index contributed by atoms with van der Waals surface area (Å²) < 4.78 is 0. The molecule has 0 aliphatic rings. The van der Waals surface area contributed by atoms with Crippen molar-refractivity contribution in [2.75, 3.05) is 0 Å². The Hall–Kier alpha value is -0.240. The third-order valence-corrected chi connectivity index (χ3v) is 4.11. The molecule has 0 aliphatic carbocycles. The standard InChI is InChI=1S/C10H8Cl2S/c1-5-7-3-13-4-8(7)6(2)10(12)9(5)11/h3-4H,1-2H3. The maximum atomic E-state index is 6.09. The summed E-state index contributed by atoms with van der Waals surface area (Å²) in [5, 5.41) is 8.03. The van der Waals surface area contributed by atoms with Crippen LogP contribution < -0.4 is 0 Å². The van der Waals surface area contributed by atoms with Crippen LogP contribution in [-0.4, -0.2) is 0 Å². The highest BCUT2D eigenvalue weighted by molar-refractivity contribution is 7.09. The lowest BCUT2D eigenvalue weighted by Crippen LogP contribution is -1.83. The Morgan fingerprint density at radius 3 is 1.69 bits per heavy atom. The van der Waals surface area contributed by atoms with Crippen LogP contribution in [0.2, 0.25) is 10.0 Å². The van der Waals surface area contributed by atoms with Gasteiger partial charge in [0.2, 0.25) is 0 Å². The van der Waals surface area contributed by atoms with Gasteiger partial charge < -0.3 is 0 Å². The number of halogens is 2. The van der Waals surface area contributed by atoms with Gasteiger partial charge in [0.05, 0.1) is 10.0 Å². The van der Waals surface area contributed by atoms with Crippen LogP contribution in [0.3, 0.4) is 0 Å². The molecule has 2 rings (SSSR count). The molecule has 13 heavy (non-hydrogen) atoms. The van der Waals surface area contributed by atoms with E-state index >= 15 is 0 Å². The molecule has 3 heteroatoms. The normalized spacial score (nSPS) is 11.1. The first-order valence-electron chi connectivity index (χ1n) is 3.93. The number of hydrogen-bond donors (Lipinski definition) is 0. The zero-order valence-corrected chi connectivity index (χ0v) is 9.65. The number of thiophene rings is 1. The summed E-state index contributed by atoms with van der Waals surface area (Å²) in [7, 11) is 0. The summed E-state index contributed by atoms with van der Waals surface area (Å²) >= 11 is 13.9. The van der Waals surface area contributed by atoms with E-state index in [0.717, 1.165) is 11.1 Å². The molecule has 0 fully saturated rings. The summed E-state index contributed by atoms with van der Waals surface area (Å²) in [4.78, 5) is 0. The first-order valence-corrected chi connectivity index (χ1v) is 5.63. The molecule has 0 bridgehead atoms. The second-order valence-corrected chi connectivity index (χ2v) is 4.58. The molecule has 0 nitrogen and oxygen atoms in total. The average Bonchev–Trinajstić information content (AvgIpc) is 2.59. The van der Waals surface area contributed by atoms with Gasteiger partial charge in [0, 0.05) is 0 Å². The Morgan fingerprint density at radius 2 is 1.31 bits per heavy atom. The van der Waals surface area contributed by atoms with Crippen molar-refractivity contribution in [2.24, 2.45) is 0 Å². The molecule has 0 atom stereocenters. The first kappa shape index (κ1) is 9.32. The van der Waals surface area contributed by atoms with Crippen LogP contribution in [0.1, 0.15) is 11.1 Å². The van der Waals surface area contributed by atoms with Gasteiger partial charge in [-0.25, -0.2) is 0 Å². The molecule has 0 N–H and O–H groups in total. The quantitative estimate of drug-likeness (QED) is 0.609. The molecule has 0 spiro atoms. The molecule has 0 amide bonds. The summed E-state index contributed by atoms with van der Waals surface area (Å²) in [6.07, 6.45) is 0. The fraction of sp³-hybridized carbons (Fsp3) is 0.200. The van der Waals surface area contributed by atoms with Gasteiger partial charge in [-0.05, 0) is 46.5 Å². The van der Waals surface area contributed by atoms with E-state index in [2.05, 4.69) is 10.8 Å². The van der Waals surface area contributed by atoms with Crippen molar-refractivity contribution >= 4 is 45.3 Å². The molecule has 0 saturated heterocycles. The SMILES string of the molecule is Cc1c(Cl)c(Cl)c(C)c2cscc12. The Balaban J connectivity index is 3.02. The fourth-order valence-corrected chi connectivity index (χ4v) is 2.88. The van der Waals surface area contributed by atoms with E-state index < -0.39 is 0 Å². The van der Waals surface area contributed by atoms with E-state index in [1.165, 1.54) is 10.8 Å². The predicted molar refractivity (Wildman–Crippen MR) is 61.3 cm³/mol. The van der Waals surface area contributed by atoms with Crippen molar-refractivity contribution in [1.82, 2.24) is 0 Å². The number of benzene rings is 1. The largest absolute Gasteiger partial charge is 0.151 e. The van der Waals surface area contributed by atoms with Crippen molar-refractivity contribution < 1.29 is 0 Å². The van der Waals surface area contributed by atoms with Gasteiger partial charge in [0.1, 0.15) is 0 Å². The van der Waals surface area contributed by atoms with Crippen molar-refractivity contribution in [2.45, 2.75) is 13.8 Å². The van der Waals surface area contributed by atoms with Crippen LogP contribution in [0.5, 0.6) is 0 Å². The highest BCUT2D eigenvalue weighted by Gasteiger charge is 2.11. The third kappa shape index (κ3) is 1.26. The van der Waals surface area contributed by atoms with E-state index in [1.54, 1.807) is 11.3 Å². The van der Waals surface area contributed by atoms with E-state index in [0.29, 0.717) is 10.0 Å². The zero-order valence-electron chi connectivity index (χ0n) is 7.32. The highest BCUT2D eigenvalue weighted by Crippen LogP contribution is 2.37. The number of hydrogen-bond acceptors (Lipinski definition) is 1. The predicted octanol–water partition coefficient (Wildman–Crippen LogP) is 4.82. The molecule has 2 aromatic rings. The van der Waals surface area contributed by atoms with Gasteiger partial charge in [-0.15, -0.1) is 0 Å². The second kappa shape index (κ2) is 3.16. The third-order valence-electron chi connectivity index (χ3n) is 2.32. The molecular formula is C10H8Cl2S. The minimum atomic E-state index is 0.685. The van der Waals surface area contributed by atoms with Gasteiger partial charge in [0.15, 0.2) is 0 Å². The molecule has 68 valence electrons. The fourth-order valence-electron chi connectivity index (χ4n) is 1.44. The highest BCUT2D eigenvalue weighted by atomic mass is 35.5. The zero-order chi connectivity index (χ0) is 9.59. The Labute approximate surface area is 91.1 Å². The monoisotopic (exact) mass is 230 g/mol. The summed E-state index contributed by atoms with van der Waals surface area (Å²) in [6, 6.07) is 0. The minimum Gasteiger partial charge on any atom is -0.151 e. The molecule has 0 radical (unpaired) electrons. The number of aryl methyl sites for hydroxylation is 2. The molecule has 1 aromatic heterocycles. The maximum Gasteiger partial charge on any atom is 0.0630 e. The van der Waals surface area contributed by atoms with Gasteiger partial charge in [-0.1, -0.05) is 23.2 Å². The van der Waals surface area contributed by atoms with E-state index in [1.807, 2.05) is 13.8 Å². The van der Waals surface area contributed by atoms with Crippen LogP contribution in [-0.2, 0) is 0 Å². The Bertz CT molecular complexity index is 429. The van der Waals surface area contributed by atoms with E-state index in [4.69, 9.17) is 23.2 Å². The maximum absolute atomic E-state index is 6.09. The molecule has 1 heterocycles. The van der Waals surface area contributed by atoms with Gasteiger partial charge in [-0.2, -0.15) is 11.3 Å². The molecule has 1 aromatic carbocycles. The number of fused-ring (bicyclic) bond motifs is 1. The lowest BCUT2D eigenvalue weighted by molar-refractivity contribution is 1.47. The lowest BCUT2D eigenvalue weighted by atomic mass is 10.1. The van der Waals surface area contributed by atoms with Crippen LogP contribution in [0.15, 0.2) is 10.8 Å². The van der Waals surface area contributed by atoms with E-state index in [-0.39, 0.29) is 0 Å². The van der Waals surface area contributed by atoms with E-state index in [9.17, 15) is 0 Å². The van der Waals surface area contributed by atoms with Crippen LogP contribution in [0, 0.1) is 13.8 Å². The number of rotatable bonds is 0. The van der Waals surface area contributed by atoms with Crippen molar-refractivity contribution in [3.63, 3.8) is 0 Å². The molecule has 0 saturated carbocycles. The van der Waals surface area contributed by atoms with Gasteiger partial charge >= 0.3 is 0 Å². The van der Waals surface area contributed by atoms with Crippen LogP contribution in [0.4, 0.5) is 0 Å². The van der Waals surface area contributed by atoms with Crippen molar-refractivity contribution in [3.8, 4) is 0 Å². The van der Waals surface area contributed by atoms with Gasteiger partial charge in [-0.3, -0.25) is 0 Å². The van der Waals surface area contributed by atoms with Crippen molar-refractivity contribution in [1.29, 1.82) is 0 Å². The van der Waals surface area contributed by atoms with Crippen LogP contribution in [0.25, 0.3) is 10.8 Å². The minimum absolute atomic E-state index is 0.685. The Kier molecular flexibility index (Phi) is 2.26. The second-order valence-electron chi connectivity index (χ2n) is 3.08. The van der Waals surface area contributed by atoms with Crippen molar-refractivity contribution in [3.05, 3.63) is 31.9 Å². The first-order chi connectivity index (χ1) is 6.13. The van der Waals surface area contributed by atoms with Gasteiger partial charge in [0.25, 0.3) is 0 Å². The molecule has 0 aliphatic heterocycles. The summed E-state index contributed by atoms with van der Waals surface area (Å²) in [6.45, 7) is 4.01. The Morgan fingerprint density at radius 1 is 0.923 bits per heavy atom. The summed E-state index contributed by atoms with van der Waals surface area (Å²) in [5.41, 5.74) is 2.15. The molecule has 0 unspecified atom stereocenters. The topological polar surface area (TPSA) is 0 Å².